The molecule has 4 rings (SSSR count). The second-order valence-corrected chi connectivity index (χ2v) is 7.56. The molecule has 0 unspecified atom stereocenters. The van der Waals surface area contributed by atoms with E-state index < -0.39 is 17.4 Å². The summed E-state index contributed by atoms with van der Waals surface area (Å²) in [5.41, 5.74) is 10.9. The number of aromatic nitrogens is 2. The van der Waals surface area contributed by atoms with E-state index in [9.17, 15) is 13.2 Å². The Morgan fingerprint density at radius 1 is 1.07 bits per heavy atom. The lowest BCUT2D eigenvalue weighted by molar-refractivity contribution is -0.137. The summed E-state index contributed by atoms with van der Waals surface area (Å²) < 4.78 is 41.9. The Bertz CT molecular complexity index is 990. The zero-order valence-corrected chi connectivity index (χ0v) is 16.1. The summed E-state index contributed by atoms with van der Waals surface area (Å²) in [4.78, 5) is 10.1. The average Bonchev–Trinajstić information content (AvgIpc) is 3.07. The van der Waals surface area contributed by atoms with Crippen LogP contribution in [-0.2, 0) is 6.18 Å². The number of nitrogens with two attached hydrogens (primary N) is 2. The first kappa shape index (κ1) is 19.6. The van der Waals surface area contributed by atoms with Crippen LogP contribution < -0.4 is 16.4 Å². The molecular formula is C18H19ClF3N7. The van der Waals surface area contributed by atoms with Crippen LogP contribution in [0.2, 0.25) is 5.02 Å². The maximum absolute atomic E-state index is 13.5. The summed E-state index contributed by atoms with van der Waals surface area (Å²) in [6, 6.07) is 3.38. The molecule has 0 bridgehead atoms. The average molecular weight is 426 g/mol. The van der Waals surface area contributed by atoms with Crippen LogP contribution in [0.3, 0.4) is 0 Å². The van der Waals surface area contributed by atoms with Crippen molar-refractivity contribution in [3.05, 3.63) is 41.2 Å². The highest BCUT2D eigenvalue weighted by Crippen LogP contribution is 2.43. The Balaban J connectivity index is 1.94. The normalized spacial score (nSPS) is 19.2. The molecule has 11 heteroatoms. The number of rotatable bonds is 2. The van der Waals surface area contributed by atoms with Crippen molar-refractivity contribution in [2.24, 2.45) is 21.5 Å². The fourth-order valence-corrected chi connectivity index (χ4v) is 4.11. The van der Waals surface area contributed by atoms with Crippen molar-refractivity contribution in [1.29, 1.82) is 0 Å². The van der Waals surface area contributed by atoms with E-state index in [0.717, 1.165) is 31.4 Å². The van der Waals surface area contributed by atoms with E-state index in [1.54, 1.807) is 4.90 Å². The highest BCUT2D eigenvalue weighted by Gasteiger charge is 2.44. The van der Waals surface area contributed by atoms with Crippen LogP contribution in [0.25, 0.3) is 5.69 Å². The second-order valence-electron chi connectivity index (χ2n) is 7.12. The molecule has 29 heavy (non-hydrogen) atoms. The van der Waals surface area contributed by atoms with Gasteiger partial charge in [0.25, 0.3) is 0 Å². The first-order valence-corrected chi connectivity index (χ1v) is 9.49. The van der Waals surface area contributed by atoms with Gasteiger partial charge < -0.3 is 11.5 Å². The van der Waals surface area contributed by atoms with Gasteiger partial charge in [0.05, 0.1) is 28.2 Å². The SMILES string of the molecule is NC1=NC2(CCCCC2)N(c2cc(C(F)(F)F)ccc2-n2cc(Cl)cn2)C(N)=N1. The van der Waals surface area contributed by atoms with Gasteiger partial charge in [-0.15, -0.1) is 0 Å². The van der Waals surface area contributed by atoms with Crippen molar-refractivity contribution in [2.75, 3.05) is 4.90 Å². The number of halogens is 4. The van der Waals surface area contributed by atoms with Gasteiger partial charge >= 0.3 is 6.18 Å². The van der Waals surface area contributed by atoms with Crippen molar-refractivity contribution in [2.45, 2.75) is 43.9 Å². The molecule has 1 aliphatic carbocycles. The van der Waals surface area contributed by atoms with Gasteiger partial charge in [-0.25, -0.2) is 9.67 Å². The fourth-order valence-electron chi connectivity index (χ4n) is 3.98. The summed E-state index contributed by atoms with van der Waals surface area (Å²) in [7, 11) is 0. The minimum atomic E-state index is -4.53. The van der Waals surface area contributed by atoms with Crippen molar-refractivity contribution in [1.82, 2.24) is 9.78 Å². The standard InChI is InChI=1S/C18H19ClF3N7/c19-12-9-25-28(10-12)13-5-4-11(18(20,21)22)8-14(13)29-16(24)26-15(23)27-17(29)6-2-1-3-7-17/h4-5,8-10H,1-3,6-7H2,(H4,23,24,26,27). The molecule has 1 saturated carbocycles. The van der Waals surface area contributed by atoms with Gasteiger partial charge in [-0.3, -0.25) is 4.90 Å². The number of hydrogen-bond acceptors (Lipinski definition) is 6. The Labute approximate surface area is 169 Å². The molecule has 7 nitrogen and oxygen atoms in total. The molecule has 2 aromatic rings. The quantitative estimate of drug-likeness (QED) is 0.767. The third-order valence-electron chi connectivity index (χ3n) is 5.19. The largest absolute Gasteiger partial charge is 0.416 e. The Morgan fingerprint density at radius 2 is 1.79 bits per heavy atom. The van der Waals surface area contributed by atoms with Gasteiger partial charge in [0.2, 0.25) is 11.9 Å². The summed E-state index contributed by atoms with van der Waals surface area (Å²) in [6.07, 6.45) is 2.29. The van der Waals surface area contributed by atoms with Crippen LogP contribution in [-0.4, -0.2) is 27.4 Å². The van der Waals surface area contributed by atoms with Gasteiger partial charge in [-0.05, 0) is 43.9 Å². The van der Waals surface area contributed by atoms with Gasteiger partial charge in [0.15, 0.2) is 0 Å². The lowest BCUT2D eigenvalue weighted by atomic mass is 9.87. The zero-order chi connectivity index (χ0) is 20.8. The van der Waals surface area contributed by atoms with Crippen molar-refractivity contribution >= 4 is 29.2 Å². The van der Waals surface area contributed by atoms with Crippen molar-refractivity contribution in [3.63, 3.8) is 0 Å². The molecule has 0 saturated heterocycles. The molecule has 1 aromatic heterocycles. The van der Waals surface area contributed by atoms with E-state index in [0.29, 0.717) is 23.6 Å². The molecule has 2 heterocycles. The number of alkyl halides is 3. The van der Waals surface area contributed by atoms with Crippen molar-refractivity contribution in [3.8, 4) is 5.69 Å². The van der Waals surface area contributed by atoms with E-state index in [1.807, 2.05) is 0 Å². The molecule has 0 amide bonds. The fraction of sp³-hybridized carbons (Fsp3) is 0.389. The lowest BCUT2D eigenvalue weighted by Gasteiger charge is -2.46. The van der Waals surface area contributed by atoms with E-state index in [-0.39, 0.29) is 17.6 Å². The Hall–Kier alpha value is -2.75. The molecule has 2 aliphatic rings. The van der Waals surface area contributed by atoms with E-state index >= 15 is 0 Å². The van der Waals surface area contributed by atoms with Gasteiger partial charge in [0, 0.05) is 6.20 Å². The van der Waals surface area contributed by atoms with Gasteiger partial charge in [-0.2, -0.15) is 23.3 Å². The highest BCUT2D eigenvalue weighted by molar-refractivity contribution is 6.30. The van der Waals surface area contributed by atoms with Crippen molar-refractivity contribution < 1.29 is 13.2 Å². The predicted molar refractivity (Wildman–Crippen MR) is 105 cm³/mol. The number of benzene rings is 1. The molecule has 1 aliphatic heterocycles. The molecule has 1 spiro atoms. The molecule has 1 fully saturated rings. The monoisotopic (exact) mass is 425 g/mol. The summed E-state index contributed by atoms with van der Waals surface area (Å²) in [5.74, 6) is 0.0227. The van der Waals surface area contributed by atoms with Gasteiger partial charge in [0.1, 0.15) is 5.66 Å². The van der Waals surface area contributed by atoms with Crippen LogP contribution in [0.5, 0.6) is 0 Å². The summed E-state index contributed by atoms with van der Waals surface area (Å²) in [6.45, 7) is 0. The second kappa shape index (κ2) is 6.94. The maximum atomic E-state index is 13.5. The zero-order valence-electron chi connectivity index (χ0n) is 15.3. The number of hydrogen-bond donors (Lipinski definition) is 2. The predicted octanol–water partition coefficient (Wildman–Crippen LogP) is 3.65. The van der Waals surface area contributed by atoms with Crippen LogP contribution in [0.4, 0.5) is 18.9 Å². The van der Waals surface area contributed by atoms with Crippen LogP contribution >= 0.6 is 11.6 Å². The molecule has 0 radical (unpaired) electrons. The Morgan fingerprint density at radius 3 is 2.41 bits per heavy atom. The number of nitrogens with zero attached hydrogens (tertiary/aromatic N) is 5. The molecule has 0 atom stereocenters. The molecule has 4 N–H and O–H groups in total. The smallest absolute Gasteiger partial charge is 0.369 e. The van der Waals surface area contributed by atoms with Crippen LogP contribution in [0.15, 0.2) is 40.6 Å². The molecular weight excluding hydrogens is 407 g/mol. The maximum Gasteiger partial charge on any atom is 0.416 e. The van der Waals surface area contributed by atoms with Crippen LogP contribution in [0.1, 0.15) is 37.7 Å². The number of aliphatic imine (C=N–C) groups is 2. The number of anilines is 1. The Kier molecular flexibility index (Phi) is 4.68. The van der Waals surface area contributed by atoms with E-state index in [4.69, 9.17) is 23.1 Å². The topological polar surface area (TPSA) is 97.8 Å². The molecule has 154 valence electrons. The van der Waals surface area contributed by atoms with E-state index in [2.05, 4.69) is 15.1 Å². The first-order valence-electron chi connectivity index (χ1n) is 9.11. The van der Waals surface area contributed by atoms with E-state index in [1.165, 1.54) is 23.1 Å². The third-order valence-corrected chi connectivity index (χ3v) is 5.39. The lowest BCUT2D eigenvalue weighted by Crippen LogP contribution is -2.58. The minimum Gasteiger partial charge on any atom is -0.369 e. The molecule has 1 aromatic carbocycles. The first-order chi connectivity index (χ1) is 13.7. The third kappa shape index (κ3) is 3.52. The minimum absolute atomic E-state index is 0.00164. The summed E-state index contributed by atoms with van der Waals surface area (Å²) in [5, 5.41) is 4.50. The van der Waals surface area contributed by atoms with Gasteiger partial charge in [-0.1, -0.05) is 18.0 Å². The van der Waals surface area contributed by atoms with Crippen LogP contribution in [0, 0.1) is 0 Å². The summed E-state index contributed by atoms with van der Waals surface area (Å²) >= 11 is 5.98. The number of guanidine groups is 2. The highest BCUT2D eigenvalue weighted by atomic mass is 35.5.